The predicted molar refractivity (Wildman–Crippen MR) is 109 cm³/mol. The van der Waals surface area contributed by atoms with Crippen molar-refractivity contribution in [2.45, 2.75) is 20.0 Å². The first-order valence-electron chi connectivity index (χ1n) is 8.95. The molecule has 0 aliphatic rings. The Morgan fingerprint density at radius 2 is 2.15 bits per heavy atom. The molecule has 26 heavy (non-hydrogen) atoms. The minimum absolute atomic E-state index is 0.567. The van der Waals surface area contributed by atoms with Crippen LogP contribution in [0.4, 0.5) is 0 Å². The molecule has 0 saturated heterocycles. The molecular formula is C20H29N3O2S. The monoisotopic (exact) mass is 375 g/mol. The summed E-state index contributed by atoms with van der Waals surface area (Å²) in [6, 6.07) is 12.2. The summed E-state index contributed by atoms with van der Waals surface area (Å²) in [5.41, 5.74) is 1.10. The number of methoxy groups -OCH3 is 1. The van der Waals surface area contributed by atoms with Gasteiger partial charge in [-0.25, -0.2) is 0 Å². The fourth-order valence-electron chi connectivity index (χ4n) is 2.48. The molecule has 0 atom stereocenters. The molecular weight excluding hydrogens is 346 g/mol. The van der Waals surface area contributed by atoms with Crippen molar-refractivity contribution in [3.8, 4) is 5.75 Å². The number of hydrogen-bond donors (Lipinski definition) is 1. The molecule has 1 aromatic heterocycles. The number of nitrogens with zero attached hydrogens (tertiary/aromatic N) is 2. The van der Waals surface area contributed by atoms with E-state index >= 15 is 0 Å². The molecule has 2 aromatic rings. The highest BCUT2D eigenvalue weighted by molar-refractivity contribution is 7.09. The molecule has 0 radical (unpaired) electrons. The Morgan fingerprint density at radius 3 is 2.88 bits per heavy atom. The van der Waals surface area contributed by atoms with Gasteiger partial charge >= 0.3 is 0 Å². The van der Waals surface area contributed by atoms with Crippen LogP contribution in [0.15, 0.2) is 46.8 Å². The van der Waals surface area contributed by atoms with Gasteiger partial charge in [-0.15, -0.1) is 11.3 Å². The minimum atomic E-state index is 0.567. The summed E-state index contributed by atoms with van der Waals surface area (Å²) in [4.78, 5) is 8.23. The number of benzene rings is 1. The number of guanidine groups is 1. The Kier molecular flexibility index (Phi) is 9.00. The van der Waals surface area contributed by atoms with E-state index in [1.165, 1.54) is 4.88 Å². The van der Waals surface area contributed by atoms with Crippen molar-refractivity contribution >= 4 is 17.3 Å². The fourth-order valence-corrected chi connectivity index (χ4v) is 3.17. The summed E-state index contributed by atoms with van der Waals surface area (Å²) in [5.74, 6) is 1.78. The Bertz CT molecular complexity index is 659. The Morgan fingerprint density at radius 1 is 1.27 bits per heavy atom. The van der Waals surface area contributed by atoms with E-state index in [1.807, 2.05) is 24.3 Å². The highest BCUT2D eigenvalue weighted by Crippen LogP contribution is 2.13. The van der Waals surface area contributed by atoms with Crippen molar-refractivity contribution in [2.75, 3.05) is 40.4 Å². The second-order valence-electron chi connectivity index (χ2n) is 5.89. The smallest absolute Gasteiger partial charge is 0.193 e. The van der Waals surface area contributed by atoms with Crippen molar-refractivity contribution in [1.82, 2.24) is 10.2 Å². The van der Waals surface area contributed by atoms with E-state index in [4.69, 9.17) is 9.47 Å². The lowest BCUT2D eigenvalue weighted by Gasteiger charge is -2.21. The zero-order valence-electron chi connectivity index (χ0n) is 15.9. The van der Waals surface area contributed by atoms with Gasteiger partial charge in [0.2, 0.25) is 0 Å². The number of aliphatic imine (C=N–C) groups is 1. The first-order valence-corrected chi connectivity index (χ1v) is 9.83. The number of likely N-dealkylation sites (N-methyl/N-ethyl adjacent to an activating group) is 1. The molecule has 0 bridgehead atoms. The second kappa shape index (κ2) is 11.5. The third kappa shape index (κ3) is 7.06. The van der Waals surface area contributed by atoms with E-state index in [1.54, 1.807) is 18.4 Å². The van der Waals surface area contributed by atoms with Crippen LogP contribution in [-0.2, 0) is 17.8 Å². The summed E-state index contributed by atoms with van der Waals surface area (Å²) >= 11 is 1.80. The van der Waals surface area contributed by atoms with Gasteiger partial charge in [0.15, 0.2) is 5.96 Å². The molecule has 142 valence electrons. The normalized spacial score (nSPS) is 11.4. The van der Waals surface area contributed by atoms with Gasteiger partial charge in [0.05, 0.1) is 26.9 Å². The van der Waals surface area contributed by atoms with Crippen molar-refractivity contribution in [3.05, 3.63) is 52.2 Å². The van der Waals surface area contributed by atoms with E-state index in [2.05, 4.69) is 46.7 Å². The number of nitrogens with one attached hydrogen (secondary N) is 1. The Balaban J connectivity index is 1.74. The average molecular weight is 376 g/mol. The molecule has 0 spiro atoms. The lowest BCUT2D eigenvalue weighted by molar-refractivity contribution is 0.128. The van der Waals surface area contributed by atoms with Crippen molar-refractivity contribution < 1.29 is 9.47 Å². The van der Waals surface area contributed by atoms with Crippen molar-refractivity contribution in [3.63, 3.8) is 0 Å². The summed E-state index contributed by atoms with van der Waals surface area (Å²) < 4.78 is 11.0. The van der Waals surface area contributed by atoms with Crippen molar-refractivity contribution in [1.29, 1.82) is 0 Å². The van der Waals surface area contributed by atoms with Crippen LogP contribution >= 0.6 is 11.3 Å². The largest absolute Gasteiger partial charge is 0.497 e. The van der Waals surface area contributed by atoms with Crippen LogP contribution in [0.3, 0.4) is 0 Å². The van der Waals surface area contributed by atoms with Crippen LogP contribution < -0.4 is 10.1 Å². The van der Waals surface area contributed by atoms with Crippen LogP contribution in [-0.4, -0.2) is 51.3 Å². The van der Waals surface area contributed by atoms with Gasteiger partial charge in [0, 0.05) is 25.0 Å². The van der Waals surface area contributed by atoms with Gasteiger partial charge in [-0.2, -0.15) is 0 Å². The molecule has 0 aliphatic heterocycles. The van der Waals surface area contributed by atoms with E-state index in [0.29, 0.717) is 19.8 Å². The lowest BCUT2D eigenvalue weighted by Crippen LogP contribution is -2.40. The Hall–Kier alpha value is -2.05. The summed E-state index contributed by atoms with van der Waals surface area (Å²) in [5, 5.41) is 5.46. The molecule has 0 saturated carbocycles. The first kappa shape index (κ1) is 20.3. The highest BCUT2D eigenvalue weighted by atomic mass is 32.1. The SMILES string of the molecule is CCNC(=NCCOCc1cccc(OC)c1)N(C)CCc1cccs1. The van der Waals surface area contributed by atoms with Crippen LogP contribution in [0.25, 0.3) is 0 Å². The molecule has 6 heteroatoms. The zero-order chi connectivity index (χ0) is 18.6. The van der Waals surface area contributed by atoms with E-state index in [9.17, 15) is 0 Å². The maximum absolute atomic E-state index is 5.74. The minimum Gasteiger partial charge on any atom is -0.497 e. The maximum atomic E-state index is 5.74. The standard InChI is InChI=1S/C20H29N3O2S/c1-4-21-20(23(2)12-10-19-9-6-14-26-19)22-11-13-25-16-17-7-5-8-18(15-17)24-3/h5-9,14-15H,4,10-13,16H2,1-3H3,(H,21,22). The summed E-state index contributed by atoms with van der Waals surface area (Å²) in [7, 11) is 3.75. The predicted octanol–water partition coefficient (Wildman–Crippen LogP) is 3.41. The third-order valence-corrected chi connectivity index (χ3v) is 4.81. The van der Waals surface area contributed by atoms with Gasteiger partial charge in [0.1, 0.15) is 5.75 Å². The first-order chi connectivity index (χ1) is 12.7. The van der Waals surface area contributed by atoms with Gasteiger partial charge in [-0.1, -0.05) is 18.2 Å². The summed E-state index contributed by atoms with van der Waals surface area (Å²) in [6.07, 6.45) is 1.03. The van der Waals surface area contributed by atoms with Gasteiger partial charge in [-0.3, -0.25) is 4.99 Å². The number of hydrogen-bond acceptors (Lipinski definition) is 4. The van der Waals surface area contributed by atoms with Crippen LogP contribution in [0, 0.1) is 0 Å². The second-order valence-corrected chi connectivity index (χ2v) is 6.92. The molecule has 0 unspecified atom stereocenters. The van der Waals surface area contributed by atoms with Crippen LogP contribution in [0.2, 0.25) is 0 Å². The quantitative estimate of drug-likeness (QED) is 0.393. The molecule has 1 N–H and O–H groups in total. The van der Waals surface area contributed by atoms with Gasteiger partial charge in [-0.05, 0) is 42.5 Å². The topological polar surface area (TPSA) is 46.1 Å². The van der Waals surface area contributed by atoms with Gasteiger partial charge in [0.25, 0.3) is 0 Å². The molecule has 0 amide bonds. The van der Waals surface area contributed by atoms with Crippen molar-refractivity contribution in [2.24, 2.45) is 4.99 Å². The number of rotatable bonds is 10. The molecule has 5 nitrogen and oxygen atoms in total. The molecule has 1 aromatic carbocycles. The number of thiophene rings is 1. The zero-order valence-corrected chi connectivity index (χ0v) is 16.7. The van der Waals surface area contributed by atoms with Gasteiger partial charge < -0.3 is 19.7 Å². The summed E-state index contributed by atoms with van der Waals surface area (Å²) in [6.45, 7) is 5.67. The fraction of sp³-hybridized carbons (Fsp3) is 0.450. The molecule has 2 rings (SSSR count). The maximum Gasteiger partial charge on any atom is 0.193 e. The molecule has 0 aliphatic carbocycles. The third-order valence-electron chi connectivity index (χ3n) is 3.87. The Labute approximate surface area is 160 Å². The van der Waals surface area contributed by atoms with Crippen LogP contribution in [0.5, 0.6) is 5.75 Å². The van der Waals surface area contributed by atoms with E-state index < -0.39 is 0 Å². The lowest BCUT2D eigenvalue weighted by atomic mass is 10.2. The molecule has 0 fully saturated rings. The average Bonchev–Trinajstić information content (AvgIpc) is 3.18. The van der Waals surface area contributed by atoms with E-state index in [0.717, 1.165) is 36.8 Å². The molecule has 1 heterocycles. The van der Waals surface area contributed by atoms with Crippen LogP contribution in [0.1, 0.15) is 17.4 Å². The highest BCUT2D eigenvalue weighted by Gasteiger charge is 2.06. The van der Waals surface area contributed by atoms with E-state index in [-0.39, 0.29) is 0 Å². The number of ether oxygens (including phenoxy) is 2.